The number of benzene rings is 2. The molecular formula is C19H16ClNO3. The molecule has 2 aromatic carbocycles. The Morgan fingerprint density at radius 3 is 2.62 bits per heavy atom. The molecule has 0 atom stereocenters. The van der Waals surface area contributed by atoms with Gasteiger partial charge in [0.15, 0.2) is 6.61 Å². The summed E-state index contributed by atoms with van der Waals surface area (Å²) >= 11 is 5.95. The maximum Gasteiger partial charge on any atom is 0.340 e. The number of para-hydroxylation sites is 1. The summed E-state index contributed by atoms with van der Waals surface area (Å²) in [7, 11) is 0. The second kappa shape index (κ2) is 6.89. The Balaban J connectivity index is 1.76. The van der Waals surface area contributed by atoms with Crippen LogP contribution in [-0.2, 0) is 11.2 Å². The number of H-pyrrole nitrogens is 1. The van der Waals surface area contributed by atoms with Crippen molar-refractivity contribution in [3.05, 3.63) is 70.4 Å². The standard InChI is InChI=1S/C19H16ClNO3/c1-2-12-6-5-8-13-15(10-21-18(12)13)17(22)11-24-19(23)14-7-3-4-9-16(14)20/h3-10,21H,2,11H2,1H3. The fourth-order valence-corrected chi connectivity index (χ4v) is 2.87. The lowest BCUT2D eigenvalue weighted by Gasteiger charge is -2.05. The zero-order valence-electron chi connectivity index (χ0n) is 13.1. The van der Waals surface area contributed by atoms with Crippen LogP contribution in [0.1, 0.15) is 33.2 Å². The van der Waals surface area contributed by atoms with Crippen LogP contribution in [0, 0.1) is 0 Å². The first kappa shape index (κ1) is 16.3. The predicted octanol–water partition coefficient (Wildman–Crippen LogP) is 4.42. The van der Waals surface area contributed by atoms with Gasteiger partial charge in [0.25, 0.3) is 0 Å². The van der Waals surface area contributed by atoms with E-state index in [1.807, 2.05) is 18.2 Å². The predicted molar refractivity (Wildman–Crippen MR) is 93.7 cm³/mol. The average molecular weight is 342 g/mol. The second-order valence-corrected chi connectivity index (χ2v) is 5.78. The highest BCUT2D eigenvalue weighted by atomic mass is 35.5. The van der Waals surface area contributed by atoms with E-state index in [4.69, 9.17) is 16.3 Å². The van der Waals surface area contributed by atoms with Crippen molar-refractivity contribution < 1.29 is 14.3 Å². The van der Waals surface area contributed by atoms with Crippen molar-refractivity contribution in [3.8, 4) is 0 Å². The molecule has 3 rings (SSSR count). The SMILES string of the molecule is CCc1cccc2c(C(=O)COC(=O)c3ccccc3Cl)c[nH]c12. The van der Waals surface area contributed by atoms with E-state index in [1.165, 1.54) is 0 Å². The second-order valence-electron chi connectivity index (χ2n) is 5.37. The molecule has 0 amide bonds. The Kier molecular flexibility index (Phi) is 4.67. The lowest BCUT2D eigenvalue weighted by molar-refractivity contribution is 0.0475. The van der Waals surface area contributed by atoms with Crippen LogP contribution < -0.4 is 0 Å². The van der Waals surface area contributed by atoms with Crippen molar-refractivity contribution in [1.82, 2.24) is 4.98 Å². The number of aryl methyl sites for hydroxylation is 1. The van der Waals surface area contributed by atoms with Gasteiger partial charge >= 0.3 is 5.97 Å². The summed E-state index contributed by atoms with van der Waals surface area (Å²) in [5, 5.41) is 1.14. The zero-order valence-corrected chi connectivity index (χ0v) is 13.9. The normalized spacial score (nSPS) is 10.8. The number of ether oxygens (including phenoxy) is 1. The van der Waals surface area contributed by atoms with Crippen LogP contribution in [0.15, 0.2) is 48.7 Å². The third-order valence-corrected chi connectivity index (χ3v) is 4.24. The smallest absolute Gasteiger partial charge is 0.340 e. The van der Waals surface area contributed by atoms with Gasteiger partial charge in [0, 0.05) is 22.7 Å². The first-order chi connectivity index (χ1) is 11.6. The van der Waals surface area contributed by atoms with Crippen LogP contribution in [0.2, 0.25) is 5.02 Å². The molecule has 0 aliphatic heterocycles. The molecule has 0 aliphatic carbocycles. The van der Waals surface area contributed by atoms with Crippen molar-refractivity contribution in [2.45, 2.75) is 13.3 Å². The minimum Gasteiger partial charge on any atom is -0.454 e. The van der Waals surface area contributed by atoms with Gasteiger partial charge < -0.3 is 9.72 Å². The summed E-state index contributed by atoms with van der Waals surface area (Å²) in [6, 6.07) is 12.4. The Hall–Kier alpha value is -2.59. The van der Waals surface area contributed by atoms with E-state index in [9.17, 15) is 9.59 Å². The van der Waals surface area contributed by atoms with E-state index >= 15 is 0 Å². The van der Waals surface area contributed by atoms with E-state index in [2.05, 4.69) is 11.9 Å². The molecule has 24 heavy (non-hydrogen) atoms. The molecule has 122 valence electrons. The summed E-state index contributed by atoms with van der Waals surface area (Å²) < 4.78 is 5.11. The van der Waals surface area contributed by atoms with Gasteiger partial charge in [0.1, 0.15) is 0 Å². The Labute approximate surface area is 144 Å². The number of nitrogens with one attached hydrogen (secondary N) is 1. The summed E-state index contributed by atoms with van der Waals surface area (Å²) in [5.41, 5.74) is 2.85. The minimum atomic E-state index is -0.608. The number of halogens is 1. The van der Waals surface area contributed by atoms with E-state index in [0.29, 0.717) is 10.6 Å². The zero-order chi connectivity index (χ0) is 17.1. The number of hydrogen-bond donors (Lipinski definition) is 1. The van der Waals surface area contributed by atoms with E-state index in [1.54, 1.807) is 30.5 Å². The number of fused-ring (bicyclic) bond motifs is 1. The number of esters is 1. The quantitative estimate of drug-likeness (QED) is 0.552. The van der Waals surface area contributed by atoms with Gasteiger partial charge in [-0.25, -0.2) is 4.79 Å². The molecule has 0 unspecified atom stereocenters. The van der Waals surface area contributed by atoms with E-state index in [-0.39, 0.29) is 18.0 Å². The fraction of sp³-hybridized carbons (Fsp3) is 0.158. The summed E-state index contributed by atoms with van der Waals surface area (Å²) in [4.78, 5) is 27.6. The van der Waals surface area contributed by atoms with Crippen molar-refractivity contribution in [2.24, 2.45) is 0 Å². The number of Topliss-reactive ketones (excluding diaryl/α,β-unsaturated/α-hetero) is 1. The number of aromatic nitrogens is 1. The first-order valence-electron chi connectivity index (χ1n) is 7.65. The molecule has 5 heteroatoms. The molecule has 0 saturated carbocycles. The minimum absolute atomic E-state index is 0.249. The number of hydrogen-bond acceptors (Lipinski definition) is 3. The summed E-state index contributed by atoms with van der Waals surface area (Å²) in [6.07, 6.45) is 2.53. The van der Waals surface area contributed by atoms with Crippen molar-refractivity contribution in [3.63, 3.8) is 0 Å². The molecule has 1 heterocycles. The third-order valence-electron chi connectivity index (χ3n) is 3.91. The van der Waals surface area contributed by atoms with E-state index < -0.39 is 5.97 Å². The van der Waals surface area contributed by atoms with Gasteiger partial charge in [0.05, 0.1) is 10.6 Å². The van der Waals surface area contributed by atoms with Crippen LogP contribution in [0.25, 0.3) is 10.9 Å². The third kappa shape index (κ3) is 3.05. The van der Waals surface area contributed by atoms with Crippen LogP contribution in [0.4, 0.5) is 0 Å². The van der Waals surface area contributed by atoms with Crippen LogP contribution in [-0.4, -0.2) is 23.3 Å². The van der Waals surface area contributed by atoms with Crippen molar-refractivity contribution in [2.75, 3.05) is 6.61 Å². The fourth-order valence-electron chi connectivity index (χ4n) is 2.66. The van der Waals surface area contributed by atoms with Gasteiger partial charge in [-0.2, -0.15) is 0 Å². The summed E-state index contributed by atoms with van der Waals surface area (Å²) in [6.45, 7) is 1.73. The topological polar surface area (TPSA) is 59.2 Å². The molecule has 0 spiro atoms. The number of carbonyl (C=O) groups excluding carboxylic acids is 2. The molecular weight excluding hydrogens is 326 g/mol. The molecule has 0 bridgehead atoms. The van der Waals surface area contributed by atoms with Gasteiger partial charge in [-0.3, -0.25) is 4.79 Å². The molecule has 0 aliphatic rings. The molecule has 0 fully saturated rings. The first-order valence-corrected chi connectivity index (χ1v) is 8.03. The van der Waals surface area contributed by atoms with Crippen molar-refractivity contribution in [1.29, 1.82) is 0 Å². The number of rotatable bonds is 5. The highest BCUT2D eigenvalue weighted by Gasteiger charge is 2.17. The van der Waals surface area contributed by atoms with Crippen LogP contribution in [0.3, 0.4) is 0 Å². The summed E-state index contributed by atoms with van der Waals surface area (Å²) in [5.74, 6) is -0.863. The van der Waals surface area contributed by atoms with Crippen LogP contribution >= 0.6 is 11.6 Å². The van der Waals surface area contributed by atoms with Gasteiger partial charge in [-0.05, 0) is 24.1 Å². The molecule has 1 aromatic heterocycles. The lowest BCUT2D eigenvalue weighted by atomic mass is 10.1. The van der Waals surface area contributed by atoms with Gasteiger partial charge in [0.2, 0.25) is 5.78 Å². The maximum absolute atomic E-state index is 12.4. The van der Waals surface area contributed by atoms with Crippen LogP contribution in [0.5, 0.6) is 0 Å². The Morgan fingerprint density at radius 2 is 1.88 bits per heavy atom. The molecule has 0 radical (unpaired) electrons. The van der Waals surface area contributed by atoms with Gasteiger partial charge in [-0.15, -0.1) is 0 Å². The largest absolute Gasteiger partial charge is 0.454 e. The molecule has 0 saturated heterocycles. The number of aromatic amines is 1. The molecule has 1 N–H and O–H groups in total. The Morgan fingerprint density at radius 1 is 1.08 bits per heavy atom. The monoisotopic (exact) mass is 341 g/mol. The highest BCUT2D eigenvalue weighted by molar-refractivity contribution is 6.33. The number of ketones is 1. The average Bonchev–Trinajstić information content (AvgIpc) is 3.04. The van der Waals surface area contributed by atoms with Crippen molar-refractivity contribution >= 4 is 34.3 Å². The lowest BCUT2D eigenvalue weighted by Crippen LogP contribution is -2.14. The Bertz CT molecular complexity index is 914. The highest BCUT2D eigenvalue weighted by Crippen LogP contribution is 2.23. The van der Waals surface area contributed by atoms with Gasteiger partial charge in [-0.1, -0.05) is 48.9 Å². The molecule has 4 nitrogen and oxygen atoms in total. The number of carbonyl (C=O) groups is 2. The molecule has 3 aromatic rings. The van der Waals surface area contributed by atoms with E-state index in [0.717, 1.165) is 22.9 Å². The maximum atomic E-state index is 12.4.